The molecule has 1 atom stereocenters. The van der Waals surface area contributed by atoms with Gasteiger partial charge in [-0.15, -0.1) is 10.2 Å². The van der Waals surface area contributed by atoms with Gasteiger partial charge < -0.3 is 5.32 Å². The van der Waals surface area contributed by atoms with Crippen LogP contribution in [0, 0.1) is 6.92 Å². The second kappa shape index (κ2) is 8.62. The number of nitrogens with one attached hydrogen (secondary N) is 2. The maximum Gasteiger partial charge on any atom is 0.416 e. The summed E-state index contributed by atoms with van der Waals surface area (Å²) in [5.41, 5.74) is 0.818. The van der Waals surface area contributed by atoms with Gasteiger partial charge in [-0.2, -0.15) is 13.2 Å². The Bertz CT molecular complexity index is 1060. The highest BCUT2D eigenvalue weighted by Gasteiger charge is 2.31. The number of benzene rings is 2. The molecule has 0 aliphatic heterocycles. The number of amides is 2. The first-order chi connectivity index (χ1) is 14.1. The lowest BCUT2D eigenvalue weighted by atomic mass is 10.1. The second-order valence-electron chi connectivity index (χ2n) is 6.54. The van der Waals surface area contributed by atoms with E-state index < -0.39 is 29.6 Å². The number of carbonyl (C=O) groups is 2. The number of halogens is 3. The van der Waals surface area contributed by atoms with Crippen LogP contribution in [0.15, 0.2) is 48.5 Å². The fourth-order valence-electron chi connectivity index (χ4n) is 2.48. The number of anilines is 1. The van der Waals surface area contributed by atoms with Crippen molar-refractivity contribution in [3.05, 3.63) is 65.2 Å². The largest absolute Gasteiger partial charge is 0.416 e. The zero-order valence-corrected chi connectivity index (χ0v) is 16.8. The van der Waals surface area contributed by atoms with Crippen molar-refractivity contribution in [2.45, 2.75) is 26.1 Å². The van der Waals surface area contributed by atoms with Crippen LogP contribution in [0.2, 0.25) is 0 Å². The molecule has 0 radical (unpaired) electrons. The van der Waals surface area contributed by atoms with Gasteiger partial charge in [0.25, 0.3) is 5.91 Å². The van der Waals surface area contributed by atoms with Gasteiger partial charge in [0.05, 0.1) is 5.56 Å². The van der Waals surface area contributed by atoms with Crippen LogP contribution in [0.5, 0.6) is 0 Å². The van der Waals surface area contributed by atoms with E-state index in [9.17, 15) is 22.8 Å². The molecule has 0 saturated carbocycles. The van der Waals surface area contributed by atoms with Crippen molar-refractivity contribution >= 4 is 28.3 Å². The van der Waals surface area contributed by atoms with Gasteiger partial charge in [-0.1, -0.05) is 47.2 Å². The molecule has 0 fully saturated rings. The molecule has 30 heavy (non-hydrogen) atoms. The van der Waals surface area contributed by atoms with Crippen molar-refractivity contribution in [2.24, 2.45) is 0 Å². The zero-order valence-electron chi connectivity index (χ0n) is 15.9. The Morgan fingerprint density at radius 3 is 2.43 bits per heavy atom. The molecule has 0 bridgehead atoms. The lowest BCUT2D eigenvalue weighted by Gasteiger charge is -2.14. The summed E-state index contributed by atoms with van der Waals surface area (Å²) in [6.07, 6.45) is -4.56. The van der Waals surface area contributed by atoms with E-state index in [4.69, 9.17) is 0 Å². The molecule has 6 nitrogen and oxygen atoms in total. The van der Waals surface area contributed by atoms with Crippen LogP contribution in [-0.4, -0.2) is 28.1 Å². The maximum atomic E-state index is 12.8. The van der Waals surface area contributed by atoms with Crippen molar-refractivity contribution in [1.29, 1.82) is 0 Å². The predicted molar refractivity (Wildman–Crippen MR) is 107 cm³/mol. The average molecular weight is 434 g/mol. The van der Waals surface area contributed by atoms with Crippen molar-refractivity contribution in [2.75, 3.05) is 5.32 Å². The van der Waals surface area contributed by atoms with Crippen molar-refractivity contribution in [3.63, 3.8) is 0 Å². The van der Waals surface area contributed by atoms with Crippen LogP contribution < -0.4 is 10.6 Å². The van der Waals surface area contributed by atoms with E-state index >= 15 is 0 Å². The SMILES string of the molecule is Cc1ccc(-c2nnc(NC(=O)C(C)NC(=O)c3cccc(C(F)(F)F)c3)s2)cc1. The minimum Gasteiger partial charge on any atom is -0.341 e. The van der Waals surface area contributed by atoms with E-state index in [2.05, 4.69) is 20.8 Å². The number of aryl methyl sites for hydroxylation is 1. The van der Waals surface area contributed by atoms with Crippen LogP contribution in [0.3, 0.4) is 0 Å². The summed E-state index contributed by atoms with van der Waals surface area (Å²) in [7, 11) is 0. The summed E-state index contributed by atoms with van der Waals surface area (Å²) < 4.78 is 38.4. The molecule has 2 aromatic carbocycles. The highest BCUT2D eigenvalue weighted by Crippen LogP contribution is 2.29. The minimum absolute atomic E-state index is 0.193. The Morgan fingerprint density at radius 1 is 1.07 bits per heavy atom. The predicted octanol–water partition coefficient (Wildman–Crippen LogP) is 4.29. The quantitative estimate of drug-likeness (QED) is 0.628. The summed E-state index contributed by atoms with van der Waals surface area (Å²) in [4.78, 5) is 24.6. The molecule has 3 aromatic rings. The number of aromatic nitrogens is 2. The van der Waals surface area contributed by atoms with Gasteiger partial charge in [0.2, 0.25) is 11.0 Å². The minimum atomic E-state index is -4.56. The van der Waals surface area contributed by atoms with E-state index in [1.54, 1.807) is 0 Å². The molecular weight excluding hydrogens is 417 g/mol. The molecule has 10 heteroatoms. The number of hydrogen-bond acceptors (Lipinski definition) is 5. The first kappa shape index (κ1) is 21.4. The summed E-state index contributed by atoms with van der Waals surface area (Å²) >= 11 is 1.17. The van der Waals surface area contributed by atoms with E-state index in [1.165, 1.54) is 24.3 Å². The number of nitrogens with zero attached hydrogens (tertiary/aromatic N) is 2. The Kier molecular flexibility index (Phi) is 6.16. The van der Waals surface area contributed by atoms with Crippen molar-refractivity contribution in [1.82, 2.24) is 15.5 Å². The molecule has 0 spiro atoms. The molecule has 0 aliphatic carbocycles. The van der Waals surface area contributed by atoms with E-state index in [0.717, 1.165) is 29.3 Å². The molecule has 3 rings (SSSR count). The van der Waals surface area contributed by atoms with Crippen LogP contribution in [0.4, 0.5) is 18.3 Å². The van der Waals surface area contributed by atoms with E-state index in [1.807, 2.05) is 31.2 Å². The van der Waals surface area contributed by atoms with E-state index in [-0.39, 0.29) is 10.7 Å². The lowest BCUT2D eigenvalue weighted by molar-refractivity contribution is -0.137. The van der Waals surface area contributed by atoms with Gasteiger partial charge >= 0.3 is 6.18 Å². The number of alkyl halides is 3. The molecule has 1 aromatic heterocycles. The van der Waals surface area contributed by atoms with Crippen molar-refractivity contribution in [3.8, 4) is 10.6 Å². The van der Waals surface area contributed by atoms with Crippen LogP contribution in [-0.2, 0) is 11.0 Å². The molecule has 0 saturated heterocycles. The van der Waals surface area contributed by atoms with Gasteiger partial charge in [-0.3, -0.25) is 14.9 Å². The van der Waals surface area contributed by atoms with Gasteiger partial charge in [-0.25, -0.2) is 0 Å². The fourth-order valence-corrected chi connectivity index (χ4v) is 3.23. The Labute approximate surface area is 174 Å². The van der Waals surface area contributed by atoms with Crippen LogP contribution >= 0.6 is 11.3 Å². The lowest BCUT2D eigenvalue weighted by Crippen LogP contribution is -2.41. The monoisotopic (exact) mass is 434 g/mol. The number of carbonyl (C=O) groups excluding carboxylic acids is 2. The Balaban J connectivity index is 1.62. The van der Waals surface area contributed by atoms with Gasteiger partial charge in [0.15, 0.2) is 0 Å². The van der Waals surface area contributed by atoms with Crippen LogP contribution in [0.1, 0.15) is 28.4 Å². The molecule has 156 valence electrons. The van der Waals surface area contributed by atoms with Gasteiger partial charge in [0, 0.05) is 11.1 Å². The first-order valence-electron chi connectivity index (χ1n) is 8.83. The van der Waals surface area contributed by atoms with Crippen LogP contribution in [0.25, 0.3) is 10.6 Å². The molecule has 1 heterocycles. The average Bonchev–Trinajstić information content (AvgIpc) is 3.16. The smallest absolute Gasteiger partial charge is 0.341 e. The Hall–Kier alpha value is -3.27. The normalized spacial score (nSPS) is 12.3. The third kappa shape index (κ3) is 5.20. The summed E-state index contributed by atoms with van der Waals surface area (Å²) in [6.45, 7) is 3.38. The Morgan fingerprint density at radius 2 is 1.77 bits per heavy atom. The third-order valence-electron chi connectivity index (χ3n) is 4.15. The topological polar surface area (TPSA) is 84.0 Å². The summed E-state index contributed by atoms with van der Waals surface area (Å²) in [5.74, 6) is -1.36. The standard InChI is InChI=1S/C20H17F3N4O2S/c1-11-6-8-13(9-7-11)18-26-27-19(30-18)25-16(28)12(2)24-17(29)14-4-3-5-15(10-14)20(21,22)23/h3-10,12H,1-2H3,(H,24,29)(H,25,27,28). The number of rotatable bonds is 5. The molecule has 0 aliphatic rings. The highest BCUT2D eigenvalue weighted by molar-refractivity contribution is 7.18. The zero-order chi connectivity index (χ0) is 21.9. The molecule has 1 unspecified atom stereocenters. The molecule has 2 amide bonds. The maximum absolute atomic E-state index is 12.8. The first-order valence-corrected chi connectivity index (χ1v) is 9.64. The highest BCUT2D eigenvalue weighted by atomic mass is 32.1. The summed E-state index contributed by atoms with van der Waals surface area (Å²) in [6, 6.07) is 10.6. The fraction of sp³-hybridized carbons (Fsp3) is 0.200. The van der Waals surface area contributed by atoms with Crippen molar-refractivity contribution < 1.29 is 22.8 Å². The molecule has 2 N–H and O–H groups in total. The molecular formula is C20H17F3N4O2S. The third-order valence-corrected chi connectivity index (χ3v) is 5.03. The van der Waals surface area contributed by atoms with Gasteiger partial charge in [-0.05, 0) is 32.0 Å². The second-order valence-corrected chi connectivity index (χ2v) is 7.52. The summed E-state index contributed by atoms with van der Waals surface area (Å²) in [5, 5.41) is 13.7. The van der Waals surface area contributed by atoms with Gasteiger partial charge in [0.1, 0.15) is 11.0 Å². The van der Waals surface area contributed by atoms with E-state index in [0.29, 0.717) is 5.01 Å². The number of hydrogen-bond donors (Lipinski definition) is 2.